The van der Waals surface area contributed by atoms with Crippen LogP contribution in [0.3, 0.4) is 0 Å². The average Bonchev–Trinajstić information content (AvgIpc) is 2.30. The minimum absolute atomic E-state index is 0.295. The lowest BCUT2D eigenvalue weighted by molar-refractivity contribution is -0.849. The maximum Gasteiger partial charge on any atom is 0.324 e. The predicted octanol–water partition coefficient (Wildman–Crippen LogP) is 3.26. The summed E-state index contributed by atoms with van der Waals surface area (Å²) in [5.74, 6) is 4.42. The number of nitrogens with two attached hydrogens (primary N) is 1. The van der Waals surface area contributed by atoms with Gasteiger partial charge in [-0.2, -0.15) is 5.90 Å². The van der Waals surface area contributed by atoms with E-state index < -0.39 is 0 Å². The number of quaternary nitrogens is 1. The number of unbranched alkanes of at least 4 members (excludes halogenated alkanes) is 7. The van der Waals surface area contributed by atoms with Crippen LogP contribution in [-0.4, -0.2) is 38.6 Å². The van der Waals surface area contributed by atoms with Crippen molar-refractivity contribution in [2.75, 3.05) is 28.2 Å². The SMILES string of the molecule is CCCCCCCCCCC(=O)ON.C[N+](C)(C)C. The molecule has 0 radical (unpaired) electrons. The number of carbonyl (C=O) groups is 1. The highest BCUT2D eigenvalue weighted by Gasteiger charge is 1.99. The van der Waals surface area contributed by atoms with E-state index in [1.165, 1.54) is 38.5 Å². The molecule has 0 aromatic heterocycles. The first-order valence-electron chi connectivity index (χ1n) is 7.49. The van der Waals surface area contributed by atoms with E-state index in [4.69, 9.17) is 5.90 Å². The molecule has 0 amide bonds. The van der Waals surface area contributed by atoms with E-state index in [2.05, 4.69) is 40.0 Å². The Hall–Kier alpha value is -0.610. The van der Waals surface area contributed by atoms with Crippen molar-refractivity contribution >= 4 is 5.97 Å². The molecular formula is C15H35N2O2+. The van der Waals surface area contributed by atoms with E-state index in [1.54, 1.807) is 0 Å². The van der Waals surface area contributed by atoms with Gasteiger partial charge in [0.15, 0.2) is 0 Å². The van der Waals surface area contributed by atoms with Crippen molar-refractivity contribution in [3.05, 3.63) is 0 Å². The lowest BCUT2D eigenvalue weighted by atomic mass is 10.1. The highest BCUT2D eigenvalue weighted by atomic mass is 16.7. The summed E-state index contributed by atoms with van der Waals surface area (Å²) in [4.78, 5) is 14.7. The standard InChI is InChI=1S/C11H23NO2.C4H12N/c1-2-3-4-5-6-7-8-9-10-11(13)14-12;1-5(2,3)4/h2-10,12H2,1H3;1-4H3/q;+1. The summed E-state index contributed by atoms with van der Waals surface area (Å²) < 4.78 is 1.00. The zero-order chi connectivity index (χ0) is 15.1. The van der Waals surface area contributed by atoms with Crippen LogP contribution in [0, 0.1) is 0 Å². The van der Waals surface area contributed by atoms with E-state index in [1.807, 2.05) is 0 Å². The zero-order valence-electron chi connectivity index (χ0n) is 13.7. The third-order valence-electron chi connectivity index (χ3n) is 2.37. The predicted molar refractivity (Wildman–Crippen MR) is 81.5 cm³/mol. The van der Waals surface area contributed by atoms with E-state index in [0.717, 1.165) is 17.3 Å². The second kappa shape index (κ2) is 13.8. The van der Waals surface area contributed by atoms with Crippen LogP contribution in [-0.2, 0) is 9.63 Å². The van der Waals surface area contributed by atoms with Gasteiger partial charge >= 0.3 is 5.97 Å². The lowest BCUT2D eigenvalue weighted by Gasteiger charge is -2.14. The van der Waals surface area contributed by atoms with Crippen LogP contribution in [0.25, 0.3) is 0 Å². The summed E-state index contributed by atoms with van der Waals surface area (Å²) in [7, 11) is 8.50. The maximum atomic E-state index is 10.6. The molecule has 0 aromatic rings. The van der Waals surface area contributed by atoms with Gasteiger partial charge < -0.3 is 9.32 Å². The molecule has 4 nitrogen and oxygen atoms in total. The Balaban J connectivity index is 0. The van der Waals surface area contributed by atoms with Gasteiger partial charge in [-0.05, 0) is 6.42 Å². The lowest BCUT2D eigenvalue weighted by Crippen LogP contribution is -2.27. The van der Waals surface area contributed by atoms with Crippen molar-refractivity contribution in [1.29, 1.82) is 0 Å². The van der Waals surface area contributed by atoms with Gasteiger partial charge in [0.1, 0.15) is 0 Å². The smallest absolute Gasteiger partial charge is 0.324 e. The molecule has 2 N–H and O–H groups in total. The van der Waals surface area contributed by atoms with Crippen molar-refractivity contribution in [3.8, 4) is 0 Å². The molecular weight excluding hydrogens is 240 g/mol. The normalized spacial score (nSPS) is 10.6. The number of carbonyl (C=O) groups excluding carboxylic acids is 1. The van der Waals surface area contributed by atoms with Crippen LogP contribution in [0.5, 0.6) is 0 Å². The van der Waals surface area contributed by atoms with Crippen molar-refractivity contribution in [2.24, 2.45) is 5.90 Å². The van der Waals surface area contributed by atoms with Crippen molar-refractivity contribution in [3.63, 3.8) is 0 Å². The minimum atomic E-state index is -0.295. The Morgan fingerprint density at radius 2 is 1.26 bits per heavy atom. The van der Waals surface area contributed by atoms with Gasteiger partial charge in [0.05, 0.1) is 28.2 Å². The van der Waals surface area contributed by atoms with Gasteiger partial charge in [-0.15, -0.1) is 0 Å². The number of hydrogen-bond acceptors (Lipinski definition) is 3. The average molecular weight is 275 g/mol. The van der Waals surface area contributed by atoms with Gasteiger partial charge in [0.25, 0.3) is 0 Å². The summed E-state index contributed by atoms with van der Waals surface area (Å²) in [6, 6.07) is 0. The Morgan fingerprint density at radius 1 is 0.895 bits per heavy atom. The zero-order valence-corrected chi connectivity index (χ0v) is 13.7. The second-order valence-corrected chi connectivity index (χ2v) is 6.40. The summed E-state index contributed by atoms with van der Waals surface area (Å²) in [5.41, 5.74) is 0. The second-order valence-electron chi connectivity index (χ2n) is 6.40. The summed E-state index contributed by atoms with van der Waals surface area (Å²) in [6.07, 6.45) is 10.3. The molecule has 0 saturated heterocycles. The Bertz CT molecular complexity index is 195. The highest BCUT2D eigenvalue weighted by molar-refractivity contribution is 5.68. The summed E-state index contributed by atoms with van der Waals surface area (Å²) >= 11 is 0. The van der Waals surface area contributed by atoms with Crippen LogP contribution in [0.2, 0.25) is 0 Å². The maximum absolute atomic E-state index is 10.6. The van der Waals surface area contributed by atoms with Gasteiger partial charge in [-0.1, -0.05) is 51.9 Å². The highest BCUT2D eigenvalue weighted by Crippen LogP contribution is 2.09. The van der Waals surface area contributed by atoms with Gasteiger partial charge in [0.2, 0.25) is 0 Å². The fourth-order valence-electron chi connectivity index (χ4n) is 1.46. The van der Waals surface area contributed by atoms with Gasteiger partial charge in [-0.25, -0.2) is 0 Å². The monoisotopic (exact) mass is 275 g/mol. The van der Waals surface area contributed by atoms with Crippen LogP contribution in [0.1, 0.15) is 64.7 Å². The summed E-state index contributed by atoms with van der Waals surface area (Å²) in [5, 5.41) is 0. The molecule has 0 bridgehead atoms. The van der Waals surface area contributed by atoms with E-state index in [9.17, 15) is 4.79 Å². The Morgan fingerprint density at radius 3 is 1.63 bits per heavy atom. The van der Waals surface area contributed by atoms with Gasteiger partial charge in [-0.3, -0.25) is 4.79 Å². The third-order valence-corrected chi connectivity index (χ3v) is 2.37. The van der Waals surface area contributed by atoms with Crippen LogP contribution in [0.15, 0.2) is 0 Å². The van der Waals surface area contributed by atoms with Gasteiger partial charge in [0, 0.05) is 6.42 Å². The molecule has 0 atom stereocenters. The molecule has 0 fully saturated rings. The topological polar surface area (TPSA) is 52.3 Å². The molecule has 0 aromatic carbocycles. The molecule has 0 saturated carbocycles. The van der Waals surface area contributed by atoms with Crippen LogP contribution < -0.4 is 5.90 Å². The Kier molecular flexibility index (Phi) is 15.1. The fraction of sp³-hybridized carbons (Fsp3) is 0.933. The fourth-order valence-corrected chi connectivity index (χ4v) is 1.46. The van der Waals surface area contributed by atoms with E-state index in [0.29, 0.717) is 6.42 Å². The first kappa shape index (κ1) is 20.7. The first-order valence-corrected chi connectivity index (χ1v) is 7.49. The largest absolute Gasteiger partial charge is 0.373 e. The van der Waals surface area contributed by atoms with E-state index >= 15 is 0 Å². The molecule has 0 aliphatic carbocycles. The molecule has 0 aliphatic rings. The summed E-state index contributed by atoms with van der Waals surface area (Å²) in [6.45, 7) is 2.22. The molecule has 0 spiro atoms. The number of rotatable bonds is 9. The molecule has 0 rings (SSSR count). The van der Waals surface area contributed by atoms with E-state index in [-0.39, 0.29) is 5.97 Å². The van der Waals surface area contributed by atoms with Crippen LogP contribution >= 0.6 is 0 Å². The van der Waals surface area contributed by atoms with Crippen molar-refractivity contribution in [2.45, 2.75) is 64.7 Å². The van der Waals surface area contributed by atoms with Crippen molar-refractivity contribution < 1.29 is 14.1 Å². The molecule has 116 valence electrons. The molecule has 4 heteroatoms. The minimum Gasteiger partial charge on any atom is -0.373 e. The third kappa shape index (κ3) is 31.7. The molecule has 0 aliphatic heterocycles. The quantitative estimate of drug-likeness (QED) is 0.399. The first-order chi connectivity index (χ1) is 8.81. The van der Waals surface area contributed by atoms with Crippen molar-refractivity contribution in [1.82, 2.24) is 0 Å². The molecule has 0 heterocycles. The molecule has 19 heavy (non-hydrogen) atoms. The Labute approximate surface area is 119 Å². The molecule has 0 unspecified atom stereocenters. The number of nitrogens with zero attached hydrogens (tertiary/aromatic N) is 1. The van der Waals surface area contributed by atoms with Crippen LogP contribution in [0.4, 0.5) is 0 Å². The number of hydrogen-bond donors (Lipinski definition) is 1.